The van der Waals surface area contributed by atoms with E-state index in [0.29, 0.717) is 0 Å². The first-order valence-electron chi connectivity index (χ1n) is 9.72. The van der Waals surface area contributed by atoms with Crippen LogP contribution in [0.3, 0.4) is 0 Å². The number of rotatable bonds is 4. The number of anilines is 3. The average Bonchev–Trinajstić information content (AvgIpc) is 2.74. The number of aromatic nitrogens is 4. The normalized spacial score (nSPS) is 18.1. The molecule has 4 heterocycles. The molecule has 4 rings (SSSR count). The molecule has 0 spiro atoms. The summed E-state index contributed by atoms with van der Waals surface area (Å²) in [6.07, 6.45) is 2.60. The summed E-state index contributed by atoms with van der Waals surface area (Å²) in [6.45, 7) is 11.0. The molecule has 8 nitrogen and oxygen atoms in total. The average molecular weight is 369 g/mol. The zero-order chi connectivity index (χ0) is 18.6. The first-order valence-corrected chi connectivity index (χ1v) is 9.72. The van der Waals surface area contributed by atoms with Gasteiger partial charge in [0, 0.05) is 62.8 Å². The van der Waals surface area contributed by atoms with Crippen LogP contribution in [0, 0.1) is 6.92 Å². The largest absolute Gasteiger partial charge is 0.378 e. The molecule has 0 bridgehead atoms. The summed E-state index contributed by atoms with van der Waals surface area (Å²) in [5, 5.41) is 0. The predicted molar refractivity (Wildman–Crippen MR) is 106 cm³/mol. The summed E-state index contributed by atoms with van der Waals surface area (Å²) in [7, 11) is 0. The molecular formula is C19H27N7O. The summed E-state index contributed by atoms with van der Waals surface area (Å²) < 4.78 is 5.44. The number of hydrogen-bond acceptors (Lipinski definition) is 8. The molecule has 144 valence electrons. The molecular weight excluding hydrogens is 342 g/mol. The zero-order valence-corrected chi connectivity index (χ0v) is 16.1. The van der Waals surface area contributed by atoms with Gasteiger partial charge in [0.15, 0.2) is 0 Å². The Hall–Kier alpha value is -2.48. The summed E-state index contributed by atoms with van der Waals surface area (Å²) in [6, 6.07) is 4.18. The van der Waals surface area contributed by atoms with Gasteiger partial charge in [0.1, 0.15) is 18.0 Å². The molecule has 2 fully saturated rings. The van der Waals surface area contributed by atoms with Crippen molar-refractivity contribution in [2.45, 2.75) is 20.3 Å². The first kappa shape index (κ1) is 17.9. The van der Waals surface area contributed by atoms with Crippen molar-refractivity contribution in [1.29, 1.82) is 0 Å². The predicted octanol–water partition coefficient (Wildman–Crippen LogP) is 1.30. The number of ether oxygens (including phenoxy) is 1. The van der Waals surface area contributed by atoms with E-state index in [0.717, 1.165) is 87.9 Å². The molecule has 2 aliphatic rings. The van der Waals surface area contributed by atoms with Gasteiger partial charge >= 0.3 is 0 Å². The summed E-state index contributed by atoms with van der Waals surface area (Å²) in [4.78, 5) is 25.1. The zero-order valence-electron chi connectivity index (χ0n) is 16.1. The minimum absolute atomic E-state index is 0.740. The number of piperazine rings is 1. The highest BCUT2D eigenvalue weighted by Gasteiger charge is 2.22. The van der Waals surface area contributed by atoms with Crippen LogP contribution in [0.1, 0.15) is 18.3 Å². The number of morpholine rings is 1. The minimum Gasteiger partial charge on any atom is -0.378 e. The lowest BCUT2D eigenvalue weighted by molar-refractivity contribution is 0.122. The van der Waals surface area contributed by atoms with Crippen LogP contribution in [0.5, 0.6) is 0 Å². The summed E-state index contributed by atoms with van der Waals surface area (Å²) in [5.41, 5.74) is 2.09. The Morgan fingerprint density at radius 3 is 2.26 bits per heavy atom. The molecule has 0 unspecified atom stereocenters. The molecule has 0 radical (unpaired) electrons. The second kappa shape index (κ2) is 8.04. The molecule has 0 amide bonds. The fraction of sp³-hybridized carbons (Fsp3) is 0.579. The van der Waals surface area contributed by atoms with E-state index in [4.69, 9.17) is 9.72 Å². The third kappa shape index (κ3) is 4.10. The van der Waals surface area contributed by atoms with E-state index in [2.05, 4.69) is 48.7 Å². The highest BCUT2D eigenvalue weighted by atomic mass is 16.5. The number of aryl methyl sites for hydroxylation is 2. The van der Waals surface area contributed by atoms with Gasteiger partial charge in [-0.25, -0.2) is 15.0 Å². The summed E-state index contributed by atoms with van der Waals surface area (Å²) >= 11 is 0. The van der Waals surface area contributed by atoms with Crippen molar-refractivity contribution in [3.8, 4) is 0 Å². The second-order valence-corrected chi connectivity index (χ2v) is 6.96. The molecule has 27 heavy (non-hydrogen) atoms. The molecule has 2 saturated heterocycles. The maximum atomic E-state index is 5.44. The van der Waals surface area contributed by atoms with E-state index in [1.54, 1.807) is 6.33 Å². The Morgan fingerprint density at radius 2 is 1.56 bits per heavy atom. The molecule has 2 aromatic rings. The van der Waals surface area contributed by atoms with Crippen molar-refractivity contribution in [2.24, 2.45) is 0 Å². The van der Waals surface area contributed by atoms with E-state index < -0.39 is 0 Å². The first-order chi connectivity index (χ1) is 13.2. The third-order valence-corrected chi connectivity index (χ3v) is 5.12. The molecule has 0 atom stereocenters. The van der Waals surface area contributed by atoms with Crippen molar-refractivity contribution in [2.75, 3.05) is 67.2 Å². The molecule has 0 N–H and O–H groups in total. The van der Waals surface area contributed by atoms with Gasteiger partial charge in [-0.2, -0.15) is 4.98 Å². The second-order valence-electron chi connectivity index (χ2n) is 6.96. The van der Waals surface area contributed by atoms with Gasteiger partial charge in [0.05, 0.1) is 13.2 Å². The van der Waals surface area contributed by atoms with Crippen LogP contribution in [0.2, 0.25) is 0 Å². The lowest BCUT2D eigenvalue weighted by Crippen LogP contribution is -2.47. The van der Waals surface area contributed by atoms with E-state index >= 15 is 0 Å². The third-order valence-electron chi connectivity index (χ3n) is 5.12. The van der Waals surface area contributed by atoms with Gasteiger partial charge in [-0.15, -0.1) is 0 Å². The van der Waals surface area contributed by atoms with E-state index in [-0.39, 0.29) is 0 Å². The van der Waals surface area contributed by atoms with Crippen LogP contribution in [0.4, 0.5) is 17.6 Å². The Morgan fingerprint density at radius 1 is 0.852 bits per heavy atom. The fourth-order valence-electron chi connectivity index (χ4n) is 3.52. The van der Waals surface area contributed by atoms with Gasteiger partial charge < -0.3 is 19.4 Å². The van der Waals surface area contributed by atoms with Gasteiger partial charge in [-0.3, -0.25) is 0 Å². The van der Waals surface area contributed by atoms with Crippen LogP contribution in [0.15, 0.2) is 18.5 Å². The van der Waals surface area contributed by atoms with Gasteiger partial charge in [-0.05, 0) is 13.3 Å². The molecule has 0 aliphatic carbocycles. The lowest BCUT2D eigenvalue weighted by Gasteiger charge is -2.36. The standard InChI is InChI=1S/C19H27N7O/c1-3-16-13-17(21-14-20-16)24-4-6-25(7-5-24)18-12-15(2)22-19(23-18)26-8-10-27-11-9-26/h12-14H,3-11H2,1-2H3. The lowest BCUT2D eigenvalue weighted by atomic mass is 10.2. The van der Waals surface area contributed by atoms with E-state index in [1.807, 2.05) is 6.92 Å². The maximum Gasteiger partial charge on any atom is 0.227 e. The van der Waals surface area contributed by atoms with Crippen molar-refractivity contribution < 1.29 is 4.74 Å². The Kier molecular flexibility index (Phi) is 5.33. The van der Waals surface area contributed by atoms with Crippen molar-refractivity contribution in [3.05, 3.63) is 29.8 Å². The Labute approximate surface area is 160 Å². The topological polar surface area (TPSA) is 70.5 Å². The number of nitrogens with zero attached hydrogens (tertiary/aromatic N) is 7. The van der Waals surface area contributed by atoms with Crippen molar-refractivity contribution >= 4 is 17.6 Å². The quantitative estimate of drug-likeness (QED) is 0.799. The van der Waals surface area contributed by atoms with Crippen LogP contribution in [0.25, 0.3) is 0 Å². The highest BCUT2D eigenvalue weighted by molar-refractivity contribution is 5.49. The molecule has 2 aromatic heterocycles. The van der Waals surface area contributed by atoms with Crippen LogP contribution in [-0.4, -0.2) is 72.4 Å². The van der Waals surface area contributed by atoms with Crippen LogP contribution >= 0.6 is 0 Å². The molecule has 2 aliphatic heterocycles. The SMILES string of the molecule is CCc1cc(N2CCN(c3cc(C)nc(N4CCOCC4)n3)CC2)ncn1. The molecule has 0 saturated carbocycles. The van der Waals surface area contributed by atoms with Gasteiger partial charge in [-0.1, -0.05) is 6.92 Å². The van der Waals surface area contributed by atoms with Crippen molar-refractivity contribution in [3.63, 3.8) is 0 Å². The van der Waals surface area contributed by atoms with Crippen LogP contribution < -0.4 is 14.7 Å². The molecule has 0 aromatic carbocycles. The Bertz CT molecular complexity index is 770. The van der Waals surface area contributed by atoms with E-state index in [9.17, 15) is 0 Å². The van der Waals surface area contributed by atoms with Crippen molar-refractivity contribution in [1.82, 2.24) is 19.9 Å². The van der Waals surface area contributed by atoms with E-state index in [1.165, 1.54) is 0 Å². The van der Waals surface area contributed by atoms with Crippen LogP contribution in [-0.2, 0) is 11.2 Å². The smallest absolute Gasteiger partial charge is 0.227 e. The fourth-order valence-corrected chi connectivity index (χ4v) is 3.52. The number of hydrogen-bond donors (Lipinski definition) is 0. The molecule has 8 heteroatoms. The summed E-state index contributed by atoms with van der Waals surface area (Å²) in [5.74, 6) is 2.86. The highest BCUT2D eigenvalue weighted by Crippen LogP contribution is 2.21. The monoisotopic (exact) mass is 369 g/mol. The minimum atomic E-state index is 0.740. The maximum absolute atomic E-state index is 5.44. The Balaban J connectivity index is 1.45. The van der Waals surface area contributed by atoms with Gasteiger partial charge in [0.2, 0.25) is 5.95 Å². The van der Waals surface area contributed by atoms with Gasteiger partial charge in [0.25, 0.3) is 0 Å².